The van der Waals surface area contributed by atoms with Gasteiger partial charge in [-0.1, -0.05) is 12.1 Å². The SMILES string of the molecule is COCOc1cccc(CNO)c1OCOC. The second-order valence-electron chi connectivity index (χ2n) is 3.18. The van der Waals surface area contributed by atoms with Crippen molar-refractivity contribution in [3.05, 3.63) is 23.8 Å². The highest BCUT2D eigenvalue weighted by Gasteiger charge is 2.10. The van der Waals surface area contributed by atoms with Crippen molar-refractivity contribution in [2.75, 3.05) is 27.8 Å². The fraction of sp³-hybridized carbons (Fsp3) is 0.455. The maximum Gasteiger partial charge on any atom is 0.188 e. The van der Waals surface area contributed by atoms with Crippen molar-refractivity contribution in [3.8, 4) is 11.5 Å². The highest BCUT2D eigenvalue weighted by molar-refractivity contribution is 5.46. The molecule has 1 aromatic carbocycles. The third-order valence-corrected chi connectivity index (χ3v) is 1.98. The van der Waals surface area contributed by atoms with Crippen molar-refractivity contribution in [2.45, 2.75) is 6.54 Å². The van der Waals surface area contributed by atoms with E-state index in [4.69, 9.17) is 24.2 Å². The van der Waals surface area contributed by atoms with Crippen LogP contribution in [0, 0.1) is 0 Å². The molecule has 1 rings (SSSR count). The summed E-state index contributed by atoms with van der Waals surface area (Å²) in [5.74, 6) is 1.06. The normalized spacial score (nSPS) is 10.3. The second kappa shape index (κ2) is 7.86. The highest BCUT2D eigenvalue weighted by Crippen LogP contribution is 2.31. The molecule has 0 aliphatic rings. The van der Waals surface area contributed by atoms with E-state index in [0.29, 0.717) is 11.5 Å². The lowest BCUT2D eigenvalue weighted by molar-refractivity contribution is 0.0312. The zero-order chi connectivity index (χ0) is 12.5. The monoisotopic (exact) mass is 243 g/mol. The van der Waals surface area contributed by atoms with E-state index in [1.54, 1.807) is 12.1 Å². The topological polar surface area (TPSA) is 69.2 Å². The molecule has 0 saturated carbocycles. The van der Waals surface area contributed by atoms with Crippen LogP contribution < -0.4 is 15.0 Å². The van der Waals surface area contributed by atoms with Gasteiger partial charge in [0.15, 0.2) is 25.1 Å². The Hall–Kier alpha value is -1.34. The molecule has 6 heteroatoms. The number of methoxy groups -OCH3 is 2. The Morgan fingerprint density at radius 1 is 1.12 bits per heavy atom. The first kappa shape index (κ1) is 13.7. The number of nitrogens with one attached hydrogen (secondary N) is 1. The van der Waals surface area contributed by atoms with Gasteiger partial charge in [0.25, 0.3) is 0 Å². The van der Waals surface area contributed by atoms with Gasteiger partial charge in [-0.25, -0.2) is 5.48 Å². The van der Waals surface area contributed by atoms with E-state index in [0.717, 1.165) is 5.56 Å². The van der Waals surface area contributed by atoms with E-state index in [1.165, 1.54) is 14.2 Å². The molecular formula is C11H17NO5. The van der Waals surface area contributed by atoms with Crippen LogP contribution in [0.4, 0.5) is 0 Å². The Bertz CT molecular complexity index is 332. The van der Waals surface area contributed by atoms with E-state index in [-0.39, 0.29) is 20.1 Å². The van der Waals surface area contributed by atoms with Crippen LogP contribution in [0.15, 0.2) is 18.2 Å². The number of ether oxygens (including phenoxy) is 4. The molecule has 0 spiro atoms. The molecule has 6 nitrogen and oxygen atoms in total. The van der Waals surface area contributed by atoms with Crippen molar-refractivity contribution in [2.24, 2.45) is 0 Å². The summed E-state index contributed by atoms with van der Waals surface area (Å²) in [7, 11) is 3.07. The predicted molar refractivity (Wildman–Crippen MR) is 60.1 cm³/mol. The molecule has 96 valence electrons. The molecule has 0 heterocycles. The Kier molecular flexibility index (Phi) is 6.34. The van der Waals surface area contributed by atoms with Crippen molar-refractivity contribution < 1.29 is 24.2 Å². The van der Waals surface area contributed by atoms with Crippen molar-refractivity contribution >= 4 is 0 Å². The average molecular weight is 243 g/mol. The number of benzene rings is 1. The van der Waals surface area contributed by atoms with Gasteiger partial charge in [0.2, 0.25) is 0 Å². The average Bonchev–Trinajstić information content (AvgIpc) is 2.35. The Morgan fingerprint density at radius 2 is 1.82 bits per heavy atom. The summed E-state index contributed by atoms with van der Waals surface area (Å²) in [6.45, 7) is 0.481. The number of para-hydroxylation sites is 1. The number of rotatable bonds is 8. The maximum absolute atomic E-state index is 8.73. The van der Waals surface area contributed by atoms with E-state index >= 15 is 0 Å². The molecule has 0 amide bonds. The van der Waals surface area contributed by atoms with Crippen LogP contribution in [-0.4, -0.2) is 33.0 Å². The molecule has 0 aromatic heterocycles. The number of hydrogen-bond acceptors (Lipinski definition) is 6. The van der Waals surface area contributed by atoms with Crippen LogP contribution in [0.2, 0.25) is 0 Å². The van der Waals surface area contributed by atoms with Gasteiger partial charge in [-0.3, -0.25) is 0 Å². The molecule has 0 saturated heterocycles. The lowest BCUT2D eigenvalue weighted by Crippen LogP contribution is -2.11. The summed E-state index contributed by atoms with van der Waals surface area (Å²) < 4.78 is 20.4. The molecule has 0 aliphatic heterocycles. The molecule has 17 heavy (non-hydrogen) atoms. The second-order valence-corrected chi connectivity index (χ2v) is 3.18. The fourth-order valence-electron chi connectivity index (χ4n) is 1.30. The maximum atomic E-state index is 8.73. The van der Waals surface area contributed by atoms with Gasteiger partial charge in [-0.05, 0) is 6.07 Å². The predicted octanol–water partition coefficient (Wildman–Crippen LogP) is 1.13. The molecule has 0 aliphatic carbocycles. The van der Waals surface area contributed by atoms with Gasteiger partial charge in [0.1, 0.15) is 0 Å². The van der Waals surface area contributed by atoms with Crippen LogP contribution in [0.5, 0.6) is 11.5 Å². The van der Waals surface area contributed by atoms with Gasteiger partial charge in [-0.2, -0.15) is 0 Å². The molecule has 0 bridgehead atoms. The molecular weight excluding hydrogens is 226 g/mol. The van der Waals surface area contributed by atoms with Crippen LogP contribution in [-0.2, 0) is 16.0 Å². The first-order valence-corrected chi connectivity index (χ1v) is 5.05. The molecule has 0 radical (unpaired) electrons. The van der Waals surface area contributed by atoms with Gasteiger partial charge < -0.3 is 24.2 Å². The van der Waals surface area contributed by atoms with E-state index in [1.807, 2.05) is 6.07 Å². The zero-order valence-corrected chi connectivity index (χ0v) is 9.93. The summed E-state index contributed by atoms with van der Waals surface area (Å²) in [5, 5.41) is 8.73. The quantitative estimate of drug-likeness (QED) is 0.527. The molecule has 2 N–H and O–H groups in total. The summed E-state index contributed by atoms with van der Waals surface area (Å²) in [4.78, 5) is 0. The van der Waals surface area contributed by atoms with Crippen molar-refractivity contribution in [1.82, 2.24) is 5.48 Å². The summed E-state index contributed by atoms with van der Waals surface area (Å²) in [6, 6.07) is 5.37. The molecule has 0 fully saturated rings. The lowest BCUT2D eigenvalue weighted by Gasteiger charge is -2.15. The van der Waals surface area contributed by atoms with Crippen LogP contribution in [0.25, 0.3) is 0 Å². The van der Waals surface area contributed by atoms with Crippen molar-refractivity contribution in [3.63, 3.8) is 0 Å². The Labute approximate surface area is 100 Å². The standard InChI is InChI=1S/C11H17NO5/c1-14-7-16-10-5-3-4-9(6-12-13)11(10)17-8-15-2/h3-5,12-13H,6-8H2,1-2H3. The minimum Gasteiger partial charge on any atom is -0.464 e. The minimum atomic E-state index is 0.103. The first-order chi connectivity index (χ1) is 8.33. The van der Waals surface area contributed by atoms with E-state index in [9.17, 15) is 0 Å². The van der Waals surface area contributed by atoms with Gasteiger partial charge in [0, 0.05) is 26.3 Å². The molecule has 0 atom stereocenters. The summed E-state index contributed by atoms with van der Waals surface area (Å²) in [5.41, 5.74) is 2.84. The fourth-order valence-corrected chi connectivity index (χ4v) is 1.30. The van der Waals surface area contributed by atoms with Gasteiger partial charge in [0.05, 0.1) is 0 Å². The largest absolute Gasteiger partial charge is 0.464 e. The Morgan fingerprint density at radius 3 is 2.47 bits per heavy atom. The first-order valence-electron chi connectivity index (χ1n) is 5.05. The number of hydrogen-bond donors (Lipinski definition) is 2. The lowest BCUT2D eigenvalue weighted by atomic mass is 10.2. The summed E-state index contributed by atoms with van der Waals surface area (Å²) in [6.07, 6.45) is 0. The van der Waals surface area contributed by atoms with E-state index in [2.05, 4.69) is 5.48 Å². The third-order valence-electron chi connectivity index (χ3n) is 1.98. The Balaban J connectivity index is 2.87. The van der Waals surface area contributed by atoms with Crippen LogP contribution >= 0.6 is 0 Å². The van der Waals surface area contributed by atoms with E-state index < -0.39 is 0 Å². The van der Waals surface area contributed by atoms with Crippen molar-refractivity contribution in [1.29, 1.82) is 0 Å². The third kappa shape index (κ3) is 4.20. The van der Waals surface area contributed by atoms with Crippen LogP contribution in [0.3, 0.4) is 0 Å². The smallest absolute Gasteiger partial charge is 0.188 e. The highest BCUT2D eigenvalue weighted by atomic mass is 16.7. The number of hydroxylamine groups is 1. The van der Waals surface area contributed by atoms with Crippen LogP contribution in [0.1, 0.15) is 5.56 Å². The zero-order valence-electron chi connectivity index (χ0n) is 9.93. The minimum absolute atomic E-state index is 0.103. The van der Waals surface area contributed by atoms with Gasteiger partial charge >= 0.3 is 0 Å². The van der Waals surface area contributed by atoms with Gasteiger partial charge in [-0.15, -0.1) is 0 Å². The summed E-state index contributed by atoms with van der Waals surface area (Å²) >= 11 is 0. The molecule has 1 aromatic rings. The molecule has 0 unspecified atom stereocenters.